The first-order chi connectivity index (χ1) is 9.22. The molecular weight excluding hydrogens is 238 g/mol. The van der Waals surface area contributed by atoms with Crippen molar-refractivity contribution < 1.29 is 4.52 Å². The van der Waals surface area contributed by atoms with Gasteiger partial charge in [0.2, 0.25) is 0 Å². The van der Waals surface area contributed by atoms with Crippen molar-refractivity contribution in [3.63, 3.8) is 0 Å². The van der Waals surface area contributed by atoms with Crippen molar-refractivity contribution in [2.24, 2.45) is 0 Å². The molecule has 0 bridgehead atoms. The van der Waals surface area contributed by atoms with Gasteiger partial charge in [0.1, 0.15) is 0 Å². The quantitative estimate of drug-likeness (QED) is 0.913. The molecule has 0 fully saturated rings. The van der Waals surface area contributed by atoms with Gasteiger partial charge >= 0.3 is 6.01 Å². The number of benzene rings is 1. The van der Waals surface area contributed by atoms with Crippen molar-refractivity contribution >= 4 is 6.01 Å². The van der Waals surface area contributed by atoms with Crippen LogP contribution in [0.15, 0.2) is 22.7 Å². The molecule has 0 radical (unpaired) electrons. The molecule has 0 saturated carbocycles. The van der Waals surface area contributed by atoms with Gasteiger partial charge in [-0.15, -0.1) is 0 Å². The highest BCUT2D eigenvalue weighted by molar-refractivity contribution is 5.36. The molecule has 3 rings (SSSR count). The van der Waals surface area contributed by atoms with Gasteiger partial charge in [-0.25, -0.2) is 0 Å². The molecule has 0 unspecified atom stereocenters. The summed E-state index contributed by atoms with van der Waals surface area (Å²) in [6.45, 7) is 4.83. The molecule has 0 amide bonds. The van der Waals surface area contributed by atoms with Gasteiger partial charge in [0.05, 0.1) is 0 Å². The summed E-state index contributed by atoms with van der Waals surface area (Å²) in [7, 11) is 0. The van der Waals surface area contributed by atoms with Crippen LogP contribution < -0.4 is 5.32 Å². The van der Waals surface area contributed by atoms with E-state index in [0.717, 1.165) is 12.4 Å². The van der Waals surface area contributed by atoms with Gasteiger partial charge in [0.15, 0.2) is 5.82 Å². The SMILES string of the molecule is CC(C)c1noc(NCc2ccc3c(c2)CCC3)n1. The number of hydrogen-bond donors (Lipinski definition) is 1. The maximum atomic E-state index is 5.17. The van der Waals surface area contributed by atoms with E-state index < -0.39 is 0 Å². The lowest BCUT2D eigenvalue weighted by Crippen LogP contribution is -2.01. The van der Waals surface area contributed by atoms with E-state index in [-0.39, 0.29) is 0 Å². The number of rotatable bonds is 4. The van der Waals surface area contributed by atoms with E-state index in [1.54, 1.807) is 0 Å². The Morgan fingerprint density at radius 3 is 2.89 bits per heavy atom. The predicted molar refractivity (Wildman–Crippen MR) is 74.2 cm³/mol. The molecule has 1 aromatic carbocycles. The average molecular weight is 257 g/mol. The van der Waals surface area contributed by atoms with Crippen LogP contribution in [-0.2, 0) is 19.4 Å². The minimum absolute atomic E-state index is 0.291. The Labute approximate surface area is 113 Å². The highest BCUT2D eigenvalue weighted by Crippen LogP contribution is 2.23. The number of aryl methyl sites for hydroxylation is 2. The lowest BCUT2D eigenvalue weighted by Gasteiger charge is -2.05. The number of anilines is 1. The van der Waals surface area contributed by atoms with E-state index in [9.17, 15) is 0 Å². The van der Waals surface area contributed by atoms with Crippen molar-refractivity contribution in [1.82, 2.24) is 10.1 Å². The number of hydrogen-bond acceptors (Lipinski definition) is 4. The van der Waals surface area contributed by atoms with E-state index in [0.29, 0.717) is 11.9 Å². The van der Waals surface area contributed by atoms with Crippen molar-refractivity contribution in [3.05, 3.63) is 40.7 Å². The highest BCUT2D eigenvalue weighted by Gasteiger charge is 2.12. The molecule has 0 saturated heterocycles. The Balaban J connectivity index is 1.65. The van der Waals surface area contributed by atoms with Crippen LogP contribution in [0.2, 0.25) is 0 Å². The Morgan fingerprint density at radius 1 is 1.26 bits per heavy atom. The van der Waals surface area contributed by atoms with Gasteiger partial charge in [0.25, 0.3) is 0 Å². The van der Waals surface area contributed by atoms with Gasteiger partial charge in [-0.05, 0) is 36.0 Å². The zero-order valence-corrected chi connectivity index (χ0v) is 11.4. The minimum Gasteiger partial charge on any atom is -0.334 e. The zero-order valence-electron chi connectivity index (χ0n) is 11.4. The first-order valence-electron chi connectivity index (χ1n) is 6.90. The van der Waals surface area contributed by atoms with Gasteiger partial charge in [-0.1, -0.05) is 37.2 Å². The van der Waals surface area contributed by atoms with E-state index in [1.807, 2.05) is 0 Å². The van der Waals surface area contributed by atoms with E-state index >= 15 is 0 Å². The van der Waals surface area contributed by atoms with E-state index in [1.165, 1.54) is 36.0 Å². The molecule has 1 aliphatic carbocycles. The summed E-state index contributed by atoms with van der Waals surface area (Å²) in [5.41, 5.74) is 4.27. The molecule has 0 spiro atoms. The third kappa shape index (κ3) is 2.62. The van der Waals surface area contributed by atoms with Crippen LogP contribution >= 0.6 is 0 Å². The van der Waals surface area contributed by atoms with Crippen molar-refractivity contribution in [2.45, 2.75) is 45.6 Å². The summed E-state index contributed by atoms with van der Waals surface area (Å²) in [5.74, 6) is 1.04. The first kappa shape index (κ1) is 12.2. The van der Waals surface area contributed by atoms with Crippen LogP contribution in [0.5, 0.6) is 0 Å². The topological polar surface area (TPSA) is 51.0 Å². The number of nitrogens with one attached hydrogen (secondary N) is 1. The summed E-state index contributed by atoms with van der Waals surface area (Å²) < 4.78 is 5.17. The molecule has 0 aliphatic heterocycles. The van der Waals surface area contributed by atoms with Crippen LogP contribution in [0, 0.1) is 0 Å². The Hall–Kier alpha value is -1.84. The van der Waals surface area contributed by atoms with Gasteiger partial charge in [0, 0.05) is 12.5 Å². The number of aromatic nitrogens is 2. The molecule has 4 nitrogen and oxygen atoms in total. The van der Waals surface area contributed by atoms with Crippen molar-refractivity contribution in [1.29, 1.82) is 0 Å². The molecule has 19 heavy (non-hydrogen) atoms. The zero-order chi connectivity index (χ0) is 13.2. The molecular formula is C15H19N3O. The van der Waals surface area contributed by atoms with Crippen LogP contribution in [0.4, 0.5) is 6.01 Å². The Bertz CT molecular complexity index is 575. The molecule has 1 heterocycles. The van der Waals surface area contributed by atoms with Gasteiger partial charge in [-0.2, -0.15) is 4.98 Å². The fourth-order valence-corrected chi connectivity index (χ4v) is 2.45. The van der Waals surface area contributed by atoms with Crippen LogP contribution in [-0.4, -0.2) is 10.1 Å². The first-order valence-corrected chi connectivity index (χ1v) is 6.90. The number of fused-ring (bicyclic) bond motifs is 1. The van der Waals surface area contributed by atoms with Crippen LogP contribution in [0.3, 0.4) is 0 Å². The maximum Gasteiger partial charge on any atom is 0.321 e. The van der Waals surface area contributed by atoms with Gasteiger partial charge in [-0.3, -0.25) is 0 Å². The summed E-state index contributed by atoms with van der Waals surface area (Å²) >= 11 is 0. The second-order valence-corrected chi connectivity index (χ2v) is 5.42. The molecule has 4 heteroatoms. The van der Waals surface area contributed by atoms with Crippen molar-refractivity contribution in [2.75, 3.05) is 5.32 Å². The monoisotopic (exact) mass is 257 g/mol. The fourth-order valence-electron chi connectivity index (χ4n) is 2.45. The summed E-state index contributed by atoms with van der Waals surface area (Å²) in [5, 5.41) is 7.12. The average Bonchev–Trinajstić information content (AvgIpc) is 3.04. The molecule has 2 aromatic rings. The molecule has 1 aliphatic rings. The molecule has 0 atom stereocenters. The van der Waals surface area contributed by atoms with Crippen LogP contribution in [0.1, 0.15) is 48.7 Å². The second kappa shape index (κ2) is 5.03. The van der Waals surface area contributed by atoms with Crippen LogP contribution in [0.25, 0.3) is 0 Å². The minimum atomic E-state index is 0.291. The van der Waals surface area contributed by atoms with Crippen molar-refractivity contribution in [3.8, 4) is 0 Å². The predicted octanol–water partition coefficient (Wildman–Crippen LogP) is 3.29. The number of nitrogens with zero attached hydrogens (tertiary/aromatic N) is 2. The third-order valence-electron chi connectivity index (χ3n) is 3.56. The third-order valence-corrected chi connectivity index (χ3v) is 3.56. The maximum absolute atomic E-state index is 5.17. The second-order valence-electron chi connectivity index (χ2n) is 5.42. The van der Waals surface area contributed by atoms with Gasteiger partial charge < -0.3 is 9.84 Å². The molecule has 1 aromatic heterocycles. The lowest BCUT2D eigenvalue weighted by atomic mass is 10.1. The molecule has 1 N–H and O–H groups in total. The summed E-state index contributed by atoms with van der Waals surface area (Å²) in [6, 6.07) is 7.21. The summed E-state index contributed by atoms with van der Waals surface area (Å²) in [6.07, 6.45) is 3.72. The smallest absolute Gasteiger partial charge is 0.321 e. The normalized spacial score (nSPS) is 13.8. The van der Waals surface area contributed by atoms with E-state index in [2.05, 4.69) is 47.5 Å². The lowest BCUT2D eigenvalue weighted by molar-refractivity contribution is 0.419. The summed E-state index contributed by atoms with van der Waals surface area (Å²) in [4.78, 5) is 4.31. The molecule has 100 valence electrons. The van der Waals surface area contributed by atoms with E-state index in [4.69, 9.17) is 4.52 Å². The Kier molecular flexibility index (Phi) is 3.23. The highest BCUT2D eigenvalue weighted by atomic mass is 16.5. The fraction of sp³-hybridized carbons (Fsp3) is 0.467. The largest absolute Gasteiger partial charge is 0.334 e. The Morgan fingerprint density at radius 2 is 2.11 bits per heavy atom. The standard InChI is InChI=1S/C15H19N3O/c1-10(2)14-17-15(19-18-14)16-9-11-6-7-12-4-3-5-13(12)8-11/h6-8,10H,3-5,9H2,1-2H3,(H,16,17,18).